The lowest BCUT2D eigenvalue weighted by Crippen LogP contribution is -2.27. The Morgan fingerprint density at radius 3 is 2.79 bits per heavy atom. The molecule has 0 saturated carbocycles. The van der Waals surface area contributed by atoms with Gasteiger partial charge in [0.2, 0.25) is 5.91 Å². The first-order valence-electron chi connectivity index (χ1n) is 6.12. The molecule has 0 fully saturated rings. The number of aryl methyl sites for hydroxylation is 1. The van der Waals surface area contributed by atoms with E-state index in [4.69, 9.17) is 0 Å². The number of H-pyrrole nitrogens is 1. The Morgan fingerprint density at radius 2 is 2.16 bits per heavy atom. The Balaban J connectivity index is 1.80. The van der Waals surface area contributed by atoms with Crippen LogP contribution in [0.15, 0.2) is 41.6 Å². The molecule has 100 valence electrons. The van der Waals surface area contributed by atoms with Gasteiger partial charge in [-0.05, 0) is 26.0 Å². The highest BCUT2D eigenvalue weighted by Gasteiger charge is 2.10. The molecule has 2 rings (SSSR count). The van der Waals surface area contributed by atoms with Gasteiger partial charge in [-0.1, -0.05) is 17.7 Å². The van der Waals surface area contributed by atoms with Crippen LogP contribution in [0, 0.1) is 6.92 Å². The quantitative estimate of drug-likeness (QED) is 0.825. The van der Waals surface area contributed by atoms with Crippen LogP contribution in [0.3, 0.4) is 0 Å². The molecular weight excluding hydrogens is 258 g/mol. The number of aromatic nitrogens is 2. The summed E-state index contributed by atoms with van der Waals surface area (Å²) in [4.78, 5) is 12.9. The third-order valence-electron chi connectivity index (χ3n) is 2.79. The summed E-state index contributed by atoms with van der Waals surface area (Å²) in [6.45, 7) is 3.99. The Hall–Kier alpha value is -1.75. The van der Waals surface area contributed by atoms with Gasteiger partial charge in [0.15, 0.2) is 0 Å². The first-order chi connectivity index (χ1) is 9.15. The molecule has 5 heteroatoms. The summed E-state index contributed by atoms with van der Waals surface area (Å²) in [5.41, 5.74) is 2.20. The van der Waals surface area contributed by atoms with Gasteiger partial charge in [-0.2, -0.15) is 5.10 Å². The molecule has 1 aromatic carbocycles. The van der Waals surface area contributed by atoms with Crippen molar-refractivity contribution in [1.82, 2.24) is 15.5 Å². The lowest BCUT2D eigenvalue weighted by Gasteiger charge is -2.11. The van der Waals surface area contributed by atoms with Crippen molar-refractivity contribution in [3.8, 4) is 0 Å². The third kappa shape index (κ3) is 4.13. The molecule has 0 saturated heterocycles. The van der Waals surface area contributed by atoms with E-state index in [2.05, 4.69) is 15.5 Å². The molecule has 1 amide bonds. The highest BCUT2D eigenvalue weighted by atomic mass is 32.2. The molecular formula is C14H17N3OS. The van der Waals surface area contributed by atoms with Crippen molar-refractivity contribution in [2.45, 2.75) is 24.8 Å². The fourth-order valence-corrected chi connectivity index (χ4v) is 2.36. The highest BCUT2D eigenvalue weighted by molar-refractivity contribution is 8.00. The van der Waals surface area contributed by atoms with Gasteiger partial charge in [0.05, 0.1) is 18.0 Å². The Kier molecular flexibility index (Phi) is 4.63. The minimum Gasteiger partial charge on any atom is -0.349 e. The molecule has 0 spiro atoms. The van der Waals surface area contributed by atoms with Crippen LogP contribution in [0.4, 0.5) is 0 Å². The average molecular weight is 275 g/mol. The van der Waals surface area contributed by atoms with E-state index in [1.807, 2.05) is 38.1 Å². The van der Waals surface area contributed by atoms with Crippen LogP contribution in [-0.2, 0) is 4.79 Å². The number of aromatic amines is 1. The first-order valence-corrected chi connectivity index (χ1v) is 7.11. The van der Waals surface area contributed by atoms with E-state index in [1.54, 1.807) is 24.2 Å². The van der Waals surface area contributed by atoms with E-state index in [-0.39, 0.29) is 11.9 Å². The molecule has 0 aliphatic rings. The van der Waals surface area contributed by atoms with Crippen LogP contribution in [0.2, 0.25) is 0 Å². The van der Waals surface area contributed by atoms with Crippen LogP contribution < -0.4 is 5.32 Å². The fourth-order valence-electron chi connectivity index (χ4n) is 1.65. The Bertz CT molecular complexity index is 522. The first kappa shape index (κ1) is 13.7. The van der Waals surface area contributed by atoms with E-state index >= 15 is 0 Å². The number of hydrogen-bond acceptors (Lipinski definition) is 3. The van der Waals surface area contributed by atoms with E-state index in [1.165, 1.54) is 5.56 Å². The van der Waals surface area contributed by atoms with E-state index < -0.39 is 0 Å². The molecule has 0 aliphatic heterocycles. The maximum atomic E-state index is 11.8. The van der Waals surface area contributed by atoms with Crippen molar-refractivity contribution < 1.29 is 4.79 Å². The zero-order valence-corrected chi connectivity index (χ0v) is 11.8. The topological polar surface area (TPSA) is 57.8 Å². The fraction of sp³-hybridized carbons (Fsp3) is 0.286. The summed E-state index contributed by atoms with van der Waals surface area (Å²) in [5, 5.41) is 9.56. The lowest BCUT2D eigenvalue weighted by molar-refractivity contribution is -0.119. The molecule has 1 atom stereocenters. The predicted molar refractivity (Wildman–Crippen MR) is 77.0 cm³/mol. The number of amides is 1. The minimum atomic E-state index is -0.0233. The van der Waals surface area contributed by atoms with E-state index in [0.717, 1.165) is 10.5 Å². The van der Waals surface area contributed by atoms with Crippen LogP contribution in [0.1, 0.15) is 24.1 Å². The van der Waals surface area contributed by atoms with Crippen LogP contribution in [0.5, 0.6) is 0 Å². The summed E-state index contributed by atoms with van der Waals surface area (Å²) in [6, 6.07) is 8.15. The van der Waals surface area contributed by atoms with Gasteiger partial charge in [-0.3, -0.25) is 9.89 Å². The van der Waals surface area contributed by atoms with Gasteiger partial charge in [0, 0.05) is 16.7 Å². The molecule has 0 bridgehead atoms. The molecule has 1 unspecified atom stereocenters. The summed E-state index contributed by atoms with van der Waals surface area (Å²) in [6.07, 6.45) is 3.51. The number of nitrogens with one attached hydrogen (secondary N) is 2. The standard InChI is InChI=1S/C14H17N3OS/c1-10-3-5-13(6-4-10)19-9-14(18)17-11(2)12-7-15-16-8-12/h3-8,11H,9H2,1-2H3,(H,15,16)(H,17,18). The van der Waals surface area contributed by atoms with Gasteiger partial charge < -0.3 is 5.32 Å². The Labute approximate surface area is 117 Å². The second-order valence-corrected chi connectivity index (χ2v) is 5.47. The van der Waals surface area contributed by atoms with Gasteiger partial charge in [0.25, 0.3) is 0 Å². The molecule has 1 aromatic heterocycles. The van der Waals surface area contributed by atoms with Crippen molar-refractivity contribution in [3.05, 3.63) is 47.8 Å². The average Bonchev–Trinajstić information content (AvgIpc) is 2.92. The van der Waals surface area contributed by atoms with Crippen molar-refractivity contribution in [3.63, 3.8) is 0 Å². The second-order valence-electron chi connectivity index (χ2n) is 4.42. The number of benzene rings is 1. The minimum absolute atomic E-state index is 0.0233. The van der Waals surface area contributed by atoms with Gasteiger partial charge >= 0.3 is 0 Å². The van der Waals surface area contributed by atoms with Crippen LogP contribution in [0.25, 0.3) is 0 Å². The van der Waals surface area contributed by atoms with E-state index in [0.29, 0.717) is 5.75 Å². The number of hydrogen-bond donors (Lipinski definition) is 2. The Morgan fingerprint density at radius 1 is 1.42 bits per heavy atom. The highest BCUT2D eigenvalue weighted by Crippen LogP contribution is 2.18. The normalized spacial score (nSPS) is 12.1. The van der Waals surface area contributed by atoms with Crippen molar-refractivity contribution >= 4 is 17.7 Å². The molecule has 2 N–H and O–H groups in total. The summed E-state index contributed by atoms with van der Waals surface area (Å²) in [5.74, 6) is 0.449. The lowest BCUT2D eigenvalue weighted by atomic mass is 10.2. The maximum absolute atomic E-state index is 11.8. The monoisotopic (exact) mass is 275 g/mol. The number of carbonyl (C=O) groups is 1. The summed E-state index contributed by atoms with van der Waals surface area (Å²) < 4.78 is 0. The summed E-state index contributed by atoms with van der Waals surface area (Å²) >= 11 is 1.54. The zero-order valence-electron chi connectivity index (χ0n) is 11.0. The van der Waals surface area contributed by atoms with Crippen molar-refractivity contribution in [1.29, 1.82) is 0 Å². The maximum Gasteiger partial charge on any atom is 0.230 e. The molecule has 0 radical (unpaired) electrons. The number of carbonyl (C=O) groups excluding carboxylic acids is 1. The molecule has 0 aliphatic carbocycles. The SMILES string of the molecule is Cc1ccc(SCC(=O)NC(C)c2cn[nH]c2)cc1. The molecule has 1 heterocycles. The smallest absolute Gasteiger partial charge is 0.230 e. The van der Waals surface area contributed by atoms with Crippen molar-refractivity contribution in [2.75, 3.05) is 5.75 Å². The van der Waals surface area contributed by atoms with Gasteiger partial charge in [-0.15, -0.1) is 11.8 Å². The predicted octanol–water partition coefficient (Wildman–Crippen LogP) is 2.69. The van der Waals surface area contributed by atoms with Gasteiger partial charge in [0.1, 0.15) is 0 Å². The summed E-state index contributed by atoms with van der Waals surface area (Å²) in [7, 11) is 0. The molecule has 2 aromatic rings. The van der Waals surface area contributed by atoms with Gasteiger partial charge in [-0.25, -0.2) is 0 Å². The van der Waals surface area contributed by atoms with Crippen molar-refractivity contribution in [2.24, 2.45) is 0 Å². The second kappa shape index (κ2) is 6.43. The van der Waals surface area contributed by atoms with Crippen LogP contribution in [-0.4, -0.2) is 21.9 Å². The largest absolute Gasteiger partial charge is 0.349 e. The molecule has 19 heavy (non-hydrogen) atoms. The third-order valence-corrected chi connectivity index (χ3v) is 3.80. The zero-order chi connectivity index (χ0) is 13.7. The number of thioether (sulfide) groups is 1. The number of rotatable bonds is 5. The van der Waals surface area contributed by atoms with E-state index in [9.17, 15) is 4.79 Å². The number of nitrogens with zero attached hydrogens (tertiary/aromatic N) is 1. The van der Waals surface area contributed by atoms with Crippen LogP contribution >= 0.6 is 11.8 Å². The molecule has 4 nitrogen and oxygen atoms in total.